The highest BCUT2D eigenvalue weighted by atomic mass is 16.5. The van der Waals surface area contributed by atoms with Gasteiger partial charge in [0.15, 0.2) is 0 Å². The molecular weight excluding hydrogens is 156 g/mol. The summed E-state index contributed by atoms with van der Waals surface area (Å²) < 4.78 is 4.71. The van der Waals surface area contributed by atoms with Gasteiger partial charge in [-0.2, -0.15) is 0 Å². The Morgan fingerprint density at radius 3 is 2.67 bits per heavy atom. The molecule has 0 aliphatic rings. The molecular formula is C9H16O3. The standard InChI is InChI=1S/C9H16O3/c1-4-7(2)5-9(11)12-6-8(3)10/h5,8,10H,4,6H2,1-3H3. The van der Waals surface area contributed by atoms with E-state index in [2.05, 4.69) is 0 Å². The minimum atomic E-state index is -0.593. The van der Waals surface area contributed by atoms with Gasteiger partial charge in [-0.15, -0.1) is 0 Å². The van der Waals surface area contributed by atoms with Crippen molar-refractivity contribution in [1.29, 1.82) is 0 Å². The van der Waals surface area contributed by atoms with E-state index in [0.29, 0.717) is 0 Å². The first-order valence-corrected chi connectivity index (χ1v) is 4.08. The number of ether oxygens (including phenoxy) is 1. The van der Waals surface area contributed by atoms with Gasteiger partial charge in [0.05, 0.1) is 6.10 Å². The molecule has 0 aromatic carbocycles. The summed E-state index contributed by atoms with van der Waals surface area (Å²) >= 11 is 0. The van der Waals surface area contributed by atoms with Crippen molar-refractivity contribution < 1.29 is 14.6 Å². The van der Waals surface area contributed by atoms with Crippen LogP contribution in [0.3, 0.4) is 0 Å². The lowest BCUT2D eigenvalue weighted by Gasteiger charge is -2.04. The quantitative estimate of drug-likeness (QED) is 0.513. The second kappa shape index (κ2) is 5.77. The topological polar surface area (TPSA) is 46.5 Å². The van der Waals surface area contributed by atoms with E-state index in [1.54, 1.807) is 6.92 Å². The van der Waals surface area contributed by atoms with Gasteiger partial charge in [-0.25, -0.2) is 4.79 Å². The van der Waals surface area contributed by atoms with Crippen molar-refractivity contribution in [3.05, 3.63) is 11.6 Å². The predicted molar refractivity (Wildman–Crippen MR) is 46.7 cm³/mol. The number of carbonyl (C=O) groups is 1. The van der Waals surface area contributed by atoms with Gasteiger partial charge in [-0.05, 0) is 20.3 Å². The Hall–Kier alpha value is -0.830. The molecule has 0 rings (SSSR count). The lowest BCUT2D eigenvalue weighted by Crippen LogP contribution is -2.13. The van der Waals surface area contributed by atoms with Gasteiger partial charge < -0.3 is 9.84 Å². The van der Waals surface area contributed by atoms with Crippen LogP contribution in [-0.4, -0.2) is 23.8 Å². The largest absolute Gasteiger partial charge is 0.460 e. The SMILES string of the molecule is CCC(C)=CC(=O)OCC(C)O. The maximum Gasteiger partial charge on any atom is 0.330 e. The van der Waals surface area contributed by atoms with Crippen LogP contribution >= 0.6 is 0 Å². The minimum absolute atomic E-state index is 0.0618. The average molecular weight is 172 g/mol. The molecule has 3 nitrogen and oxygen atoms in total. The molecule has 1 atom stereocenters. The van der Waals surface area contributed by atoms with Gasteiger partial charge in [0.25, 0.3) is 0 Å². The number of aliphatic hydroxyl groups excluding tert-OH is 1. The molecule has 0 aliphatic heterocycles. The molecule has 0 aromatic rings. The smallest absolute Gasteiger partial charge is 0.330 e. The zero-order chi connectivity index (χ0) is 9.56. The first-order valence-electron chi connectivity index (χ1n) is 4.08. The van der Waals surface area contributed by atoms with Crippen LogP contribution in [-0.2, 0) is 9.53 Å². The van der Waals surface area contributed by atoms with Crippen LogP contribution in [0.2, 0.25) is 0 Å². The van der Waals surface area contributed by atoms with E-state index >= 15 is 0 Å². The zero-order valence-corrected chi connectivity index (χ0v) is 7.83. The normalized spacial score (nSPS) is 14.2. The molecule has 0 aromatic heterocycles. The number of esters is 1. The summed E-state index contributed by atoms with van der Waals surface area (Å²) in [6.45, 7) is 5.47. The van der Waals surface area contributed by atoms with E-state index in [-0.39, 0.29) is 12.6 Å². The molecule has 0 fully saturated rings. The van der Waals surface area contributed by atoms with Gasteiger partial charge in [0.1, 0.15) is 6.61 Å². The molecule has 0 radical (unpaired) electrons. The first kappa shape index (κ1) is 11.2. The zero-order valence-electron chi connectivity index (χ0n) is 7.83. The maximum atomic E-state index is 10.9. The summed E-state index contributed by atoms with van der Waals surface area (Å²) in [5.41, 5.74) is 0.977. The number of hydrogen-bond acceptors (Lipinski definition) is 3. The Bertz CT molecular complexity index is 171. The lowest BCUT2D eigenvalue weighted by atomic mass is 10.2. The van der Waals surface area contributed by atoms with Crippen LogP contribution in [0, 0.1) is 0 Å². The fraction of sp³-hybridized carbons (Fsp3) is 0.667. The number of carbonyl (C=O) groups excluding carboxylic acids is 1. The van der Waals surface area contributed by atoms with Gasteiger partial charge >= 0.3 is 5.97 Å². The molecule has 0 saturated carbocycles. The summed E-state index contributed by atoms with van der Waals surface area (Å²) in [6.07, 6.45) is 1.69. The molecule has 0 saturated heterocycles. The Labute approximate surface area is 73.0 Å². The van der Waals surface area contributed by atoms with Crippen LogP contribution in [0.5, 0.6) is 0 Å². The monoisotopic (exact) mass is 172 g/mol. The molecule has 0 bridgehead atoms. The van der Waals surface area contributed by atoms with Crippen LogP contribution in [0.25, 0.3) is 0 Å². The fourth-order valence-corrected chi connectivity index (χ4v) is 0.548. The van der Waals surface area contributed by atoms with Gasteiger partial charge in [-0.1, -0.05) is 12.5 Å². The maximum absolute atomic E-state index is 10.9. The number of hydrogen-bond donors (Lipinski definition) is 1. The van der Waals surface area contributed by atoms with Crippen molar-refractivity contribution in [2.45, 2.75) is 33.3 Å². The van der Waals surface area contributed by atoms with E-state index < -0.39 is 6.10 Å². The van der Waals surface area contributed by atoms with Crippen LogP contribution in [0.15, 0.2) is 11.6 Å². The molecule has 3 heteroatoms. The second-order valence-electron chi connectivity index (χ2n) is 2.82. The van der Waals surface area contributed by atoms with E-state index in [1.165, 1.54) is 6.08 Å². The molecule has 1 N–H and O–H groups in total. The Morgan fingerprint density at radius 1 is 1.67 bits per heavy atom. The number of allylic oxidation sites excluding steroid dienone is 1. The van der Waals surface area contributed by atoms with Crippen molar-refractivity contribution in [3.63, 3.8) is 0 Å². The number of rotatable bonds is 4. The van der Waals surface area contributed by atoms with Crippen molar-refractivity contribution in [2.24, 2.45) is 0 Å². The minimum Gasteiger partial charge on any atom is -0.460 e. The van der Waals surface area contributed by atoms with E-state index in [4.69, 9.17) is 9.84 Å². The fourth-order valence-electron chi connectivity index (χ4n) is 0.548. The molecule has 0 spiro atoms. The average Bonchev–Trinajstić information content (AvgIpc) is 2.00. The summed E-state index contributed by atoms with van der Waals surface area (Å²) in [5, 5.41) is 8.79. The van der Waals surface area contributed by atoms with Crippen molar-refractivity contribution in [2.75, 3.05) is 6.61 Å². The van der Waals surface area contributed by atoms with E-state index in [1.807, 2.05) is 13.8 Å². The second-order valence-corrected chi connectivity index (χ2v) is 2.82. The molecule has 1 unspecified atom stereocenters. The molecule has 0 heterocycles. The summed E-state index contributed by atoms with van der Waals surface area (Å²) in [6, 6.07) is 0. The van der Waals surface area contributed by atoms with Crippen molar-refractivity contribution in [3.8, 4) is 0 Å². The third-order valence-electron chi connectivity index (χ3n) is 1.39. The predicted octanol–water partition coefficient (Wildman–Crippen LogP) is 1.27. The van der Waals surface area contributed by atoms with Crippen LogP contribution in [0.4, 0.5) is 0 Å². The Balaban J connectivity index is 3.74. The Kier molecular flexibility index (Phi) is 5.37. The summed E-state index contributed by atoms with van der Waals surface area (Å²) in [5.74, 6) is -0.379. The molecule has 70 valence electrons. The van der Waals surface area contributed by atoms with E-state index in [9.17, 15) is 4.79 Å². The third-order valence-corrected chi connectivity index (χ3v) is 1.39. The van der Waals surface area contributed by atoms with Gasteiger partial charge in [0, 0.05) is 6.08 Å². The van der Waals surface area contributed by atoms with E-state index in [0.717, 1.165) is 12.0 Å². The summed E-state index contributed by atoms with van der Waals surface area (Å²) in [4.78, 5) is 10.9. The van der Waals surface area contributed by atoms with Crippen LogP contribution < -0.4 is 0 Å². The molecule has 0 amide bonds. The van der Waals surface area contributed by atoms with Gasteiger partial charge in [0.2, 0.25) is 0 Å². The summed E-state index contributed by atoms with van der Waals surface area (Å²) in [7, 11) is 0. The highest BCUT2D eigenvalue weighted by Gasteiger charge is 2.01. The lowest BCUT2D eigenvalue weighted by molar-refractivity contribution is -0.140. The highest BCUT2D eigenvalue weighted by molar-refractivity contribution is 5.82. The number of aliphatic hydroxyl groups is 1. The van der Waals surface area contributed by atoms with Gasteiger partial charge in [-0.3, -0.25) is 0 Å². The van der Waals surface area contributed by atoms with Crippen LogP contribution in [0.1, 0.15) is 27.2 Å². The van der Waals surface area contributed by atoms with Crippen molar-refractivity contribution >= 4 is 5.97 Å². The third kappa shape index (κ3) is 5.92. The Morgan fingerprint density at radius 2 is 2.25 bits per heavy atom. The van der Waals surface area contributed by atoms with Crippen molar-refractivity contribution in [1.82, 2.24) is 0 Å². The highest BCUT2D eigenvalue weighted by Crippen LogP contribution is 1.98. The molecule has 12 heavy (non-hydrogen) atoms. The first-order chi connectivity index (χ1) is 5.56. The molecule has 0 aliphatic carbocycles.